The number of carbonyl (C=O) groups is 1. The van der Waals surface area contributed by atoms with Gasteiger partial charge in [0.2, 0.25) is 0 Å². The number of fused-ring (bicyclic) bond motifs is 1. The van der Waals surface area contributed by atoms with Gasteiger partial charge in [-0.1, -0.05) is 12.1 Å². The van der Waals surface area contributed by atoms with Gasteiger partial charge in [0.25, 0.3) is 5.91 Å². The number of rotatable bonds is 5. The molecule has 22 heavy (non-hydrogen) atoms. The number of hydrogen-bond donors (Lipinski definition) is 4. The van der Waals surface area contributed by atoms with Gasteiger partial charge in [-0.25, -0.2) is 0 Å². The Morgan fingerprint density at radius 1 is 1.45 bits per heavy atom. The predicted molar refractivity (Wildman–Crippen MR) is 89.7 cm³/mol. The molecule has 0 aliphatic carbocycles. The van der Waals surface area contributed by atoms with Crippen molar-refractivity contribution in [3.63, 3.8) is 0 Å². The monoisotopic (exact) mass is 325 g/mol. The van der Waals surface area contributed by atoms with E-state index >= 15 is 0 Å². The smallest absolute Gasteiger partial charge is 0.274 e. The van der Waals surface area contributed by atoms with Crippen molar-refractivity contribution < 1.29 is 9.53 Å². The van der Waals surface area contributed by atoms with Crippen LogP contribution in [0.25, 0.3) is 10.9 Å². The number of ether oxygens (including phenoxy) is 1. The molecule has 0 atom stereocenters. The predicted octanol–water partition coefficient (Wildman–Crippen LogP) is 0.992. The number of amides is 1. The maximum absolute atomic E-state index is 12.0. The van der Waals surface area contributed by atoms with Crippen molar-refractivity contribution in [2.75, 3.05) is 20.2 Å². The lowest BCUT2D eigenvalue weighted by Crippen LogP contribution is -2.36. The van der Waals surface area contributed by atoms with E-state index in [1.54, 1.807) is 6.07 Å². The van der Waals surface area contributed by atoms with Crippen molar-refractivity contribution in [2.45, 2.75) is 6.42 Å². The number of para-hydroxylation sites is 1. The largest absolute Gasteiger partial charge is 0.491 e. The van der Waals surface area contributed by atoms with Crippen molar-refractivity contribution in [3.8, 4) is 5.75 Å². The van der Waals surface area contributed by atoms with Gasteiger partial charge in [0.1, 0.15) is 11.4 Å². The normalized spacial score (nSPS) is 11.1. The second kappa shape index (κ2) is 8.26. The molecule has 1 aromatic heterocycles. The topological polar surface area (TPSA) is 119 Å². The van der Waals surface area contributed by atoms with Crippen LogP contribution in [0.5, 0.6) is 5.75 Å². The quantitative estimate of drug-likeness (QED) is 0.372. The molecule has 0 spiro atoms. The highest BCUT2D eigenvalue weighted by atomic mass is 35.5. The molecule has 1 heterocycles. The van der Waals surface area contributed by atoms with Crippen molar-refractivity contribution in [1.29, 1.82) is 0 Å². The zero-order valence-corrected chi connectivity index (χ0v) is 13.1. The Hall–Kier alpha value is -2.25. The van der Waals surface area contributed by atoms with E-state index in [9.17, 15) is 4.79 Å². The molecule has 0 saturated heterocycles. The summed E-state index contributed by atoms with van der Waals surface area (Å²) in [5.41, 5.74) is 12.1. The van der Waals surface area contributed by atoms with Crippen LogP contribution in [0.15, 0.2) is 29.3 Å². The summed E-state index contributed by atoms with van der Waals surface area (Å²) in [5, 5.41) is 3.37. The number of nitrogens with zero attached hydrogens (tertiary/aromatic N) is 1. The molecule has 0 unspecified atom stereocenters. The first-order chi connectivity index (χ1) is 10.2. The molecular weight excluding hydrogens is 306 g/mol. The maximum Gasteiger partial charge on any atom is 0.274 e. The fourth-order valence-electron chi connectivity index (χ4n) is 1.88. The van der Waals surface area contributed by atoms with Crippen LogP contribution < -0.4 is 21.5 Å². The van der Waals surface area contributed by atoms with Crippen molar-refractivity contribution in [3.05, 3.63) is 30.0 Å². The van der Waals surface area contributed by atoms with E-state index < -0.39 is 0 Å². The highest BCUT2D eigenvalue weighted by molar-refractivity contribution is 6.06. The van der Waals surface area contributed by atoms with Gasteiger partial charge in [-0.05, 0) is 25.1 Å². The SMILES string of the molecule is CN=C(N)NC(=O)c1cc2cccc(OCCCN)c2[nH]1.Cl. The van der Waals surface area contributed by atoms with E-state index in [4.69, 9.17) is 16.2 Å². The zero-order valence-electron chi connectivity index (χ0n) is 12.3. The van der Waals surface area contributed by atoms with Crippen molar-refractivity contribution >= 4 is 35.2 Å². The number of H-pyrrole nitrogens is 1. The maximum atomic E-state index is 12.0. The average Bonchev–Trinajstić information content (AvgIpc) is 2.92. The van der Waals surface area contributed by atoms with Crippen LogP contribution in [-0.2, 0) is 0 Å². The number of aromatic nitrogens is 1. The summed E-state index contributed by atoms with van der Waals surface area (Å²) in [4.78, 5) is 18.7. The number of aliphatic imine (C=N–C) groups is 1. The van der Waals surface area contributed by atoms with Gasteiger partial charge in [0.05, 0.1) is 12.1 Å². The molecule has 2 aromatic rings. The standard InChI is InChI=1S/C14H19N5O2.ClH/c1-17-14(16)19-13(20)10-8-9-4-2-5-11(12(9)18-10)21-7-3-6-15;/h2,4-5,8,18H,3,6-7,15H2,1H3,(H3,16,17,19,20);1H. The summed E-state index contributed by atoms with van der Waals surface area (Å²) in [6.07, 6.45) is 0.772. The summed E-state index contributed by atoms with van der Waals surface area (Å²) in [5.74, 6) is 0.414. The summed E-state index contributed by atoms with van der Waals surface area (Å²) in [6, 6.07) is 7.36. The van der Waals surface area contributed by atoms with Gasteiger partial charge in [-0.2, -0.15) is 0 Å². The first-order valence-corrected chi connectivity index (χ1v) is 6.64. The van der Waals surface area contributed by atoms with Crippen LogP contribution in [0, 0.1) is 0 Å². The minimum atomic E-state index is -0.345. The Labute approximate surface area is 134 Å². The second-order valence-electron chi connectivity index (χ2n) is 4.46. The number of benzene rings is 1. The molecule has 7 nitrogen and oxygen atoms in total. The van der Waals surface area contributed by atoms with E-state index in [0.717, 1.165) is 17.3 Å². The molecule has 1 amide bonds. The Balaban J connectivity index is 0.00000242. The van der Waals surface area contributed by atoms with Crippen LogP contribution in [0.1, 0.15) is 16.9 Å². The molecule has 0 radical (unpaired) electrons. The molecule has 2 rings (SSSR count). The lowest BCUT2D eigenvalue weighted by Gasteiger charge is -2.06. The van der Waals surface area contributed by atoms with Gasteiger partial charge in [0.15, 0.2) is 5.96 Å². The fraction of sp³-hybridized carbons (Fsp3) is 0.286. The van der Waals surface area contributed by atoms with Gasteiger partial charge >= 0.3 is 0 Å². The zero-order chi connectivity index (χ0) is 15.2. The highest BCUT2D eigenvalue weighted by Gasteiger charge is 2.12. The molecule has 8 heteroatoms. The van der Waals surface area contributed by atoms with Crippen LogP contribution in [0.4, 0.5) is 0 Å². The van der Waals surface area contributed by atoms with Gasteiger partial charge in [-0.3, -0.25) is 15.1 Å². The Morgan fingerprint density at radius 2 is 2.23 bits per heavy atom. The van der Waals surface area contributed by atoms with E-state index in [1.807, 2.05) is 18.2 Å². The van der Waals surface area contributed by atoms with Crippen LogP contribution in [0.3, 0.4) is 0 Å². The van der Waals surface area contributed by atoms with Gasteiger partial charge < -0.3 is 21.2 Å². The molecular formula is C14H20ClN5O2. The third-order valence-electron chi connectivity index (χ3n) is 2.95. The van der Waals surface area contributed by atoms with Crippen molar-refractivity contribution in [2.24, 2.45) is 16.5 Å². The molecule has 0 fully saturated rings. The Bertz CT molecular complexity index is 668. The molecule has 0 aliphatic heterocycles. The number of nitrogens with one attached hydrogen (secondary N) is 2. The molecule has 6 N–H and O–H groups in total. The summed E-state index contributed by atoms with van der Waals surface area (Å²) in [7, 11) is 1.50. The van der Waals surface area contributed by atoms with Crippen LogP contribution in [0.2, 0.25) is 0 Å². The molecule has 0 aliphatic rings. The lowest BCUT2D eigenvalue weighted by atomic mass is 10.2. The first-order valence-electron chi connectivity index (χ1n) is 6.64. The number of carbonyl (C=O) groups excluding carboxylic acids is 1. The van der Waals surface area contributed by atoms with Crippen LogP contribution >= 0.6 is 12.4 Å². The number of hydrogen-bond acceptors (Lipinski definition) is 4. The lowest BCUT2D eigenvalue weighted by molar-refractivity contribution is 0.0972. The Morgan fingerprint density at radius 3 is 2.91 bits per heavy atom. The average molecular weight is 326 g/mol. The third kappa shape index (κ3) is 4.12. The minimum absolute atomic E-state index is 0. The Kier molecular flexibility index (Phi) is 6.68. The van der Waals surface area contributed by atoms with Crippen molar-refractivity contribution in [1.82, 2.24) is 10.3 Å². The molecule has 1 aromatic carbocycles. The highest BCUT2D eigenvalue weighted by Crippen LogP contribution is 2.25. The minimum Gasteiger partial charge on any atom is -0.491 e. The molecule has 0 bridgehead atoms. The number of aromatic amines is 1. The number of halogens is 1. The summed E-state index contributed by atoms with van der Waals surface area (Å²) >= 11 is 0. The van der Waals surface area contributed by atoms with E-state index in [-0.39, 0.29) is 24.3 Å². The molecule has 120 valence electrons. The van der Waals surface area contributed by atoms with Crippen LogP contribution in [-0.4, -0.2) is 37.1 Å². The second-order valence-corrected chi connectivity index (χ2v) is 4.46. The van der Waals surface area contributed by atoms with Gasteiger partial charge in [-0.15, -0.1) is 12.4 Å². The van der Waals surface area contributed by atoms with Gasteiger partial charge in [0, 0.05) is 12.4 Å². The van der Waals surface area contributed by atoms with E-state index in [0.29, 0.717) is 24.6 Å². The fourth-order valence-corrected chi connectivity index (χ4v) is 1.88. The third-order valence-corrected chi connectivity index (χ3v) is 2.95. The summed E-state index contributed by atoms with van der Waals surface area (Å²) in [6.45, 7) is 1.11. The first kappa shape index (κ1) is 17.8. The molecule has 0 saturated carbocycles. The van der Waals surface area contributed by atoms with E-state index in [1.165, 1.54) is 7.05 Å². The van der Waals surface area contributed by atoms with E-state index in [2.05, 4.69) is 15.3 Å². The number of nitrogens with two attached hydrogens (primary N) is 2. The number of guanidine groups is 1. The summed E-state index contributed by atoms with van der Waals surface area (Å²) < 4.78 is 5.66.